The molecule has 18 heavy (non-hydrogen) atoms. The zero-order valence-electron chi connectivity index (χ0n) is 10.2. The summed E-state index contributed by atoms with van der Waals surface area (Å²) in [7, 11) is 1.64. The van der Waals surface area contributed by atoms with Crippen molar-refractivity contribution in [1.82, 2.24) is 4.98 Å². The molecule has 0 atom stereocenters. The second kappa shape index (κ2) is 6.53. The van der Waals surface area contributed by atoms with Crippen molar-refractivity contribution < 1.29 is 14.2 Å². The average Bonchev–Trinajstić information content (AvgIpc) is 2.85. The van der Waals surface area contributed by atoms with E-state index >= 15 is 0 Å². The number of thiazole rings is 1. The van der Waals surface area contributed by atoms with Gasteiger partial charge in [-0.1, -0.05) is 0 Å². The Kier molecular flexibility index (Phi) is 4.74. The van der Waals surface area contributed by atoms with Crippen molar-refractivity contribution in [2.45, 2.75) is 0 Å². The molecule has 0 unspecified atom stereocenters. The van der Waals surface area contributed by atoms with Crippen LogP contribution in [0.5, 0.6) is 5.75 Å². The van der Waals surface area contributed by atoms with E-state index in [1.807, 2.05) is 12.1 Å². The van der Waals surface area contributed by atoms with E-state index in [-0.39, 0.29) is 0 Å². The quantitative estimate of drug-likeness (QED) is 0.614. The summed E-state index contributed by atoms with van der Waals surface area (Å²) in [6.07, 6.45) is 0. The first-order chi connectivity index (χ1) is 8.83. The van der Waals surface area contributed by atoms with Crippen LogP contribution >= 0.6 is 11.3 Å². The van der Waals surface area contributed by atoms with Crippen molar-refractivity contribution in [2.24, 2.45) is 0 Å². The Balaban J connectivity index is 1.86. The minimum Gasteiger partial charge on any atom is -0.489 e. The Hall–Kier alpha value is -1.37. The molecule has 2 rings (SSSR count). The SMILES string of the molecule is COCCOCCOc1ccc2scnc2c1N. The van der Waals surface area contributed by atoms with E-state index in [1.54, 1.807) is 24.0 Å². The second-order valence-corrected chi connectivity index (χ2v) is 4.52. The van der Waals surface area contributed by atoms with E-state index in [0.29, 0.717) is 37.9 Å². The lowest BCUT2D eigenvalue weighted by Gasteiger charge is -2.09. The van der Waals surface area contributed by atoms with E-state index in [9.17, 15) is 0 Å². The fourth-order valence-electron chi connectivity index (χ4n) is 1.51. The van der Waals surface area contributed by atoms with Gasteiger partial charge in [0.25, 0.3) is 0 Å². The van der Waals surface area contributed by atoms with Crippen LogP contribution in [0.2, 0.25) is 0 Å². The van der Waals surface area contributed by atoms with Gasteiger partial charge in [-0.2, -0.15) is 0 Å². The van der Waals surface area contributed by atoms with Gasteiger partial charge in [0.2, 0.25) is 0 Å². The van der Waals surface area contributed by atoms with Crippen molar-refractivity contribution in [3.8, 4) is 5.75 Å². The molecule has 0 bridgehead atoms. The number of methoxy groups -OCH3 is 1. The zero-order valence-corrected chi connectivity index (χ0v) is 11.0. The summed E-state index contributed by atoms with van der Waals surface area (Å²) < 4.78 is 16.8. The van der Waals surface area contributed by atoms with Crippen LogP contribution in [0.25, 0.3) is 10.2 Å². The Labute approximate surface area is 109 Å². The molecular formula is C12H16N2O3S. The fraction of sp³-hybridized carbons (Fsp3) is 0.417. The molecule has 0 aliphatic carbocycles. The smallest absolute Gasteiger partial charge is 0.144 e. The zero-order chi connectivity index (χ0) is 12.8. The van der Waals surface area contributed by atoms with Crippen LogP contribution < -0.4 is 10.5 Å². The molecule has 0 saturated heterocycles. The Morgan fingerprint density at radius 1 is 1.22 bits per heavy atom. The minimum atomic E-state index is 0.462. The highest BCUT2D eigenvalue weighted by molar-refractivity contribution is 7.16. The summed E-state index contributed by atoms with van der Waals surface area (Å²) in [6.45, 7) is 2.13. The molecule has 2 N–H and O–H groups in total. The largest absolute Gasteiger partial charge is 0.489 e. The molecule has 0 aliphatic rings. The van der Waals surface area contributed by atoms with Gasteiger partial charge in [-0.3, -0.25) is 0 Å². The molecule has 1 heterocycles. The van der Waals surface area contributed by atoms with Gasteiger partial charge in [-0.25, -0.2) is 4.98 Å². The average molecular weight is 268 g/mol. The van der Waals surface area contributed by atoms with Gasteiger partial charge < -0.3 is 19.9 Å². The van der Waals surface area contributed by atoms with Crippen LogP contribution in [0.3, 0.4) is 0 Å². The van der Waals surface area contributed by atoms with Gasteiger partial charge in [0.15, 0.2) is 0 Å². The number of hydrogen-bond acceptors (Lipinski definition) is 6. The summed E-state index contributed by atoms with van der Waals surface area (Å²) in [6, 6.07) is 3.83. The lowest BCUT2D eigenvalue weighted by atomic mass is 10.2. The molecule has 6 heteroatoms. The summed E-state index contributed by atoms with van der Waals surface area (Å²) in [4.78, 5) is 4.21. The molecule has 0 spiro atoms. The lowest BCUT2D eigenvalue weighted by Crippen LogP contribution is -2.10. The molecule has 0 radical (unpaired) electrons. The number of fused-ring (bicyclic) bond motifs is 1. The van der Waals surface area contributed by atoms with Crippen molar-refractivity contribution in [3.63, 3.8) is 0 Å². The molecular weight excluding hydrogens is 252 g/mol. The van der Waals surface area contributed by atoms with Gasteiger partial charge >= 0.3 is 0 Å². The van der Waals surface area contributed by atoms with Crippen LogP contribution in [0.1, 0.15) is 0 Å². The second-order valence-electron chi connectivity index (χ2n) is 3.63. The number of nitrogen functional groups attached to an aromatic ring is 1. The van der Waals surface area contributed by atoms with Crippen LogP contribution in [-0.2, 0) is 9.47 Å². The number of aromatic nitrogens is 1. The van der Waals surface area contributed by atoms with E-state index in [0.717, 1.165) is 10.2 Å². The van der Waals surface area contributed by atoms with Gasteiger partial charge in [0.05, 0.1) is 30.0 Å². The molecule has 0 saturated carbocycles. The maximum atomic E-state index is 5.98. The minimum absolute atomic E-state index is 0.462. The van der Waals surface area contributed by atoms with Crippen molar-refractivity contribution in [1.29, 1.82) is 0 Å². The number of hydrogen-bond donors (Lipinski definition) is 1. The Bertz CT molecular complexity index is 501. The highest BCUT2D eigenvalue weighted by Gasteiger charge is 2.07. The molecule has 1 aromatic heterocycles. The first-order valence-electron chi connectivity index (χ1n) is 5.64. The van der Waals surface area contributed by atoms with Gasteiger partial charge in [0.1, 0.15) is 23.6 Å². The van der Waals surface area contributed by atoms with E-state index in [1.165, 1.54) is 0 Å². The molecule has 0 fully saturated rings. The fourth-order valence-corrected chi connectivity index (χ4v) is 2.21. The van der Waals surface area contributed by atoms with Crippen molar-refractivity contribution in [3.05, 3.63) is 17.6 Å². The molecule has 5 nitrogen and oxygen atoms in total. The Morgan fingerprint density at radius 2 is 2.06 bits per heavy atom. The summed E-state index contributed by atoms with van der Waals surface area (Å²) >= 11 is 1.56. The number of rotatable bonds is 7. The van der Waals surface area contributed by atoms with E-state index in [4.69, 9.17) is 19.9 Å². The normalized spacial score (nSPS) is 10.9. The number of benzene rings is 1. The van der Waals surface area contributed by atoms with Gasteiger partial charge in [0, 0.05) is 7.11 Å². The topological polar surface area (TPSA) is 66.6 Å². The number of nitrogens with two attached hydrogens (primary N) is 1. The first-order valence-corrected chi connectivity index (χ1v) is 6.52. The molecule has 0 aliphatic heterocycles. The third kappa shape index (κ3) is 3.10. The summed E-state index contributed by atoms with van der Waals surface area (Å²) in [5.74, 6) is 0.656. The predicted octanol–water partition coefficient (Wildman–Crippen LogP) is 1.92. The predicted molar refractivity (Wildman–Crippen MR) is 72.2 cm³/mol. The van der Waals surface area contributed by atoms with E-state index in [2.05, 4.69) is 4.98 Å². The third-order valence-corrected chi connectivity index (χ3v) is 3.21. The Morgan fingerprint density at radius 3 is 2.89 bits per heavy atom. The number of nitrogens with zero attached hydrogens (tertiary/aromatic N) is 1. The van der Waals surface area contributed by atoms with Gasteiger partial charge in [-0.15, -0.1) is 11.3 Å². The maximum Gasteiger partial charge on any atom is 0.144 e. The lowest BCUT2D eigenvalue weighted by molar-refractivity contribution is 0.0545. The van der Waals surface area contributed by atoms with Crippen LogP contribution in [0, 0.1) is 0 Å². The van der Waals surface area contributed by atoms with Crippen molar-refractivity contribution in [2.75, 3.05) is 39.3 Å². The molecule has 0 amide bonds. The highest BCUT2D eigenvalue weighted by atomic mass is 32.1. The molecule has 98 valence electrons. The first kappa shape index (κ1) is 13.1. The number of ether oxygens (including phenoxy) is 3. The molecule has 2 aromatic rings. The summed E-state index contributed by atoms with van der Waals surface area (Å²) in [5.41, 5.74) is 9.15. The third-order valence-electron chi connectivity index (χ3n) is 2.42. The van der Waals surface area contributed by atoms with Crippen molar-refractivity contribution >= 4 is 27.2 Å². The summed E-state index contributed by atoms with van der Waals surface area (Å²) in [5, 5.41) is 0. The van der Waals surface area contributed by atoms with Gasteiger partial charge in [-0.05, 0) is 12.1 Å². The van der Waals surface area contributed by atoms with E-state index < -0.39 is 0 Å². The monoisotopic (exact) mass is 268 g/mol. The number of anilines is 1. The van der Waals surface area contributed by atoms with Crippen LogP contribution in [0.15, 0.2) is 17.6 Å². The standard InChI is InChI=1S/C12H16N2O3S/c1-15-4-5-16-6-7-17-9-2-3-10-12(11(9)13)14-8-18-10/h2-3,8H,4-7,13H2,1H3. The highest BCUT2D eigenvalue weighted by Crippen LogP contribution is 2.31. The van der Waals surface area contributed by atoms with Crippen LogP contribution in [0.4, 0.5) is 5.69 Å². The van der Waals surface area contributed by atoms with Crippen LogP contribution in [-0.4, -0.2) is 38.5 Å². The molecule has 1 aromatic carbocycles. The maximum absolute atomic E-state index is 5.98.